The van der Waals surface area contributed by atoms with E-state index in [1.807, 2.05) is 13.8 Å². The van der Waals surface area contributed by atoms with Gasteiger partial charge in [-0.25, -0.2) is 0 Å². The molecule has 5 heteroatoms. The third-order valence-electron chi connectivity index (χ3n) is 4.58. The highest BCUT2D eigenvalue weighted by atomic mass is 16.3. The number of ketones is 2. The molecule has 1 aromatic heterocycles. The minimum absolute atomic E-state index is 0.00384. The number of aromatic amines is 1. The van der Waals surface area contributed by atoms with Gasteiger partial charge < -0.3 is 10.1 Å². The third kappa shape index (κ3) is 3.31. The lowest BCUT2D eigenvalue weighted by Crippen LogP contribution is -2.44. The van der Waals surface area contributed by atoms with E-state index < -0.39 is 0 Å². The maximum atomic E-state index is 12.7. The molecular formula is C17H26N2O3. The summed E-state index contributed by atoms with van der Waals surface area (Å²) < 4.78 is 0. The average molecular weight is 306 g/mol. The Labute approximate surface area is 131 Å². The number of hydrogen-bond acceptors (Lipinski definition) is 4. The predicted octanol–water partition coefficient (Wildman–Crippen LogP) is 2.12. The van der Waals surface area contributed by atoms with Gasteiger partial charge in [0.2, 0.25) is 0 Å². The van der Waals surface area contributed by atoms with Crippen molar-refractivity contribution >= 4 is 11.6 Å². The number of likely N-dealkylation sites (tertiary alicyclic amines) is 1. The summed E-state index contributed by atoms with van der Waals surface area (Å²) in [5, 5.41) is 9.46. The maximum absolute atomic E-state index is 12.7. The van der Waals surface area contributed by atoms with E-state index in [4.69, 9.17) is 0 Å². The van der Waals surface area contributed by atoms with Crippen LogP contribution in [-0.4, -0.2) is 52.3 Å². The van der Waals surface area contributed by atoms with Crippen molar-refractivity contribution in [2.75, 3.05) is 19.7 Å². The van der Waals surface area contributed by atoms with Crippen molar-refractivity contribution in [2.24, 2.45) is 0 Å². The molecule has 22 heavy (non-hydrogen) atoms. The number of H-pyrrole nitrogens is 1. The Morgan fingerprint density at radius 3 is 2.68 bits per heavy atom. The first kappa shape index (κ1) is 16.9. The van der Waals surface area contributed by atoms with E-state index >= 15 is 0 Å². The molecule has 1 aromatic rings. The highest BCUT2D eigenvalue weighted by Gasteiger charge is 2.27. The van der Waals surface area contributed by atoms with Crippen LogP contribution in [0.3, 0.4) is 0 Å². The quantitative estimate of drug-likeness (QED) is 0.790. The Hall–Kier alpha value is -1.46. The average Bonchev–Trinajstić information content (AvgIpc) is 2.84. The van der Waals surface area contributed by atoms with E-state index in [0.29, 0.717) is 24.2 Å². The molecule has 122 valence electrons. The number of aliphatic hydroxyl groups is 1. The fraction of sp³-hybridized carbons (Fsp3) is 0.647. The lowest BCUT2D eigenvalue weighted by Gasteiger charge is -2.33. The highest BCUT2D eigenvalue weighted by Crippen LogP contribution is 2.22. The fourth-order valence-electron chi connectivity index (χ4n) is 3.48. The van der Waals surface area contributed by atoms with Gasteiger partial charge in [0.15, 0.2) is 11.6 Å². The third-order valence-corrected chi connectivity index (χ3v) is 4.58. The normalized spacial score (nSPS) is 19.4. The summed E-state index contributed by atoms with van der Waals surface area (Å²) in [5.74, 6) is 0.00339. The molecule has 1 atom stereocenters. The standard InChI is InChI=1S/C17H26N2O3/c1-4-14-16(12(3)21)11(2)18-17(14)15(22)9-19-8-6-5-7-13(19)10-20/h13,18,20H,4-10H2,1-3H3. The van der Waals surface area contributed by atoms with Gasteiger partial charge in [-0.2, -0.15) is 0 Å². The first-order valence-corrected chi connectivity index (χ1v) is 8.10. The van der Waals surface area contributed by atoms with Crippen LogP contribution in [0.15, 0.2) is 0 Å². The molecule has 0 amide bonds. The first-order chi connectivity index (χ1) is 10.5. The maximum Gasteiger partial charge on any atom is 0.193 e. The van der Waals surface area contributed by atoms with Crippen LogP contribution in [0.4, 0.5) is 0 Å². The van der Waals surface area contributed by atoms with E-state index in [1.165, 1.54) is 6.92 Å². The number of aliphatic hydroxyl groups excluding tert-OH is 1. The Morgan fingerprint density at radius 2 is 2.09 bits per heavy atom. The Bertz CT molecular complexity index is 562. The van der Waals surface area contributed by atoms with Crippen molar-refractivity contribution in [3.63, 3.8) is 0 Å². The minimum Gasteiger partial charge on any atom is -0.395 e. The van der Waals surface area contributed by atoms with Gasteiger partial charge in [0.1, 0.15) is 0 Å². The summed E-state index contributed by atoms with van der Waals surface area (Å²) in [7, 11) is 0. The predicted molar refractivity (Wildman–Crippen MR) is 85.5 cm³/mol. The van der Waals surface area contributed by atoms with Crippen molar-refractivity contribution in [2.45, 2.75) is 52.5 Å². The zero-order valence-corrected chi connectivity index (χ0v) is 13.7. The molecule has 2 rings (SSSR count). The van der Waals surface area contributed by atoms with Crippen LogP contribution >= 0.6 is 0 Å². The van der Waals surface area contributed by atoms with Gasteiger partial charge in [0.05, 0.1) is 18.8 Å². The van der Waals surface area contributed by atoms with E-state index in [-0.39, 0.29) is 24.2 Å². The van der Waals surface area contributed by atoms with E-state index in [0.717, 1.165) is 37.1 Å². The fourth-order valence-corrected chi connectivity index (χ4v) is 3.48. The molecule has 5 nitrogen and oxygen atoms in total. The second-order valence-electron chi connectivity index (χ2n) is 6.11. The molecule has 0 saturated carbocycles. The molecule has 1 fully saturated rings. The highest BCUT2D eigenvalue weighted by molar-refractivity contribution is 6.04. The summed E-state index contributed by atoms with van der Waals surface area (Å²) >= 11 is 0. The van der Waals surface area contributed by atoms with Gasteiger partial charge in [0.25, 0.3) is 0 Å². The summed E-state index contributed by atoms with van der Waals surface area (Å²) in [6.07, 6.45) is 3.76. The molecular weight excluding hydrogens is 280 g/mol. The van der Waals surface area contributed by atoms with Gasteiger partial charge in [-0.3, -0.25) is 14.5 Å². The van der Waals surface area contributed by atoms with Gasteiger partial charge in [-0.15, -0.1) is 0 Å². The SMILES string of the molecule is CCc1c(C(=O)CN2CCCCC2CO)[nH]c(C)c1C(C)=O. The summed E-state index contributed by atoms with van der Waals surface area (Å²) in [6, 6.07) is 0.0751. The van der Waals surface area contributed by atoms with Gasteiger partial charge in [-0.1, -0.05) is 13.3 Å². The second kappa shape index (κ2) is 7.20. The van der Waals surface area contributed by atoms with Crippen LogP contribution < -0.4 is 0 Å². The first-order valence-electron chi connectivity index (χ1n) is 8.10. The van der Waals surface area contributed by atoms with Crippen LogP contribution in [0.2, 0.25) is 0 Å². The van der Waals surface area contributed by atoms with Gasteiger partial charge in [0, 0.05) is 17.3 Å². The van der Waals surface area contributed by atoms with Crippen molar-refractivity contribution < 1.29 is 14.7 Å². The largest absolute Gasteiger partial charge is 0.395 e. The number of nitrogens with one attached hydrogen (secondary N) is 1. The van der Waals surface area contributed by atoms with Crippen LogP contribution in [0.5, 0.6) is 0 Å². The van der Waals surface area contributed by atoms with Gasteiger partial charge in [-0.05, 0) is 45.2 Å². The number of carbonyl (C=O) groups is 2. The molecule has 1 saturated heterocycles. The topological polar surface area (TPSA) is 73.4 Å². The molecule has 2 heterocycles. The lowest BCUT2D eigenvalue weighted by atomic mass is 9.99. The minimum atomic E-state index is -0.00384. The lowest BCUT2D eigenvalue weighted by molar-refractivity contribution is 0.0707. The monoisotopic (exact) mass is 306 g/mol. The summed E-state index contributed by atoms with van der Waals surface area (Å²) in [4.78, 5) is 29.6. The molecule has 1 aliphatic heterocycles. The number of aryl methyl sites for hydroxylation is 1. The van der Waals surface area contributed by atoms with Crippen LogP contribution in [0, 0.1) is 6.92 Å². The molecule has 0 bridgehead atoms. The molecule has 0 aromatic carbocycles. The zero-order valence-electron chi connectivity index (χ0n) is 13.7. The van der Waals surface area contributed by atoms with Crippen molar-refractivity contribution in [3.05, 3.63) is 22.5 Å². The van der Waals surface area contributed by atoms with Crippen molar-refractivity contribution in [3.8, 4) is 0 Å². The number of piperidine rings is 1. The molecule has 0 spiro atoms. The smallest absolute Gasteiger partial charge is 0.193 e. The van der Waals surface area contributed by atoms with Crippen LogP contribution in [0.1, 0.15) is 65.2 Å². The number of aromatic nitrogens is 1. The van der Waals surface area contributed by atoms with E-state index in [9.17, 15) is 14.7 Å². The molecule has 1 aliphatic rings. The molecule has 0 aliphatic carbocycles. The molecule has 0 radical (unpaired) electrons. The number of carbonyl (C=O) groups excluding carboxylic acids is 2. The summed E-state index contributed by atoms with van der Waals surface area (Å²) in [5.41, 5.74) is 2.81. The number of hydrogen-bond donors (Lipinski definition) is 2. The molecule has 1 unspecified atom stereocenters. The number of nitrogens with zero attached hydrogens (tertiary/aromatic N) is 1. The van der Waals surface area contributed by atoms with Crippen LogP contribution in [-0.2, 0) is 6.42 Å². The summed E-state index contributed by atoms with van der Waals surface area (Å²) in [6.45, 7) is 6.58. The van der Waals surface area contributed by atoms with Crippen molar-refractivity contribution in [1.82, 2.24) is 9.88 Å². The van der Waals surface area contributed by atoms with E-state index in [2.05, 4.69) is 9.88 Å². The molecule has 2 N–H and O–H groups in total. The van der Waals surface area contributed by atoms with E-state index in [1.54, 1.807) is 0 Å². The number of rotatable bonds is 6. The van der Waals surface area contributed by atoms with Crippen molar-refractivity contribution in [1.29, 1.82) is 0 Å². The van der Waals surface area contributed by atoms with Gasteiger partial charge >= 0.3 is 0 Å². The Kier molecular flexibility index (Phi) is 5.53. The second-order valence-corrected chi connectivity index (χ2v) is 6.11. The zero-order chi connectivity index (χ0) is 16.3. The Morgan fingerprint density at radius 1 is 1.36 bits per heavy atom. The van der Waals surface area contributed by atoms with Crippen LogP contribution in [0.25, 0.3) is 0 Å². The Balaban J connectivity index is 2.22. The number of Topliss-reactive ketones (excluding diaryl/α,β-unsaturated/α-hetero) is 2.